The molecule has 6 rings (SSSR count). The van der Waals surface area contributed by atoms with E-state index in [0.29, 0.717) is 31.1 Å². The number of benzene rings is 2. The Morgan fingerprint density at radius 1 is 0.981 bits per heavy atom. The number of unbranched alkanes of at least 4 members (excludes halogenated alkanes) is 2. The molecule has 10 heteroatoms. The maximum absolute atomic E-state index is 13.9. The minimum absolute atomic E-state index is 0.0878. The number of aliphatic hydroxyl groups excluding tert-OH is 2. The summed E-state index contributed by atoms with van der Waals surface area (Å²) >= 11 is 0. The Morgan fingerprint density at radius 2 is 1.77 bits per heavy atom. The number of amides is 1. The quantitative estimate of drug-likeness (QED) is 0.106. The lowest BCUT2D eigenvalue weighted by molar-refractivity contribution is -0.177. The molecule has 286 valence electrons. The lowest BCUT2D eigenvalue weighted by atomic mass is 9.73. The maximum atomic E-state index is 13.9. The number of carbonyl (C=O) groups excluding carboxylic acids is 2. The molecule has 2 aliphatic heterocycles. The summed E-state index contributed by atoms with van der Waals surface area (Å²) in [5, 5.41) is 39.3. The van der Waals surface area contributed by atoms with E-state index in [1.807, 2.05) is 30.3 Å². The van der Waals surface area contributed by atoms with E-state index in [1.165, 1.54) is 17.7 Å². The summed E-state index contributed by atoms with van der Waals surface area (Å²) in [7, 11) is 0. The fourth-order valence-corrected chi connectivity index (χ4v) is 8.28. The van der Waals surface area contributed by atoms with Gasteiger partial charge in [-0.3, -0.25) is 9.69 Å². The highest BCUT2D eigenvalue weighted by molar-refractivity contribution is 5.89. The average molecular weight is 728 g/mol. The van der Waals surface area contributed by atoms with Gasteiger partial charge in [0.2, 0.25) is 5.91 Å². The molecular formula is C43H57N3O7. The first-order chi connectivity index (χ1) is 25.8. The van der Waals surface area contributed by atoms with E-state index in [0.717, 1.165) is 96.0 Å². The van der Waals surface area contributed by atoms with Gasteiger partial charge in [0.1, 0.15) is 11.5 Å². The summed E-state index contributed by atoms with van der Waals surface area (Å²) < 4.78 is 12.1. The number of carbonyl (C=O) groups is 2. The molecule has 0 aromatic heterocycles. The second-order valence-corrected chi connectivity index (χ2v) is 15.2. The van der Waals surface area contributed by atoms with Crippen molar-refractivity contribution in [2.24, 2.45) is 17.8 Å². The fraction of sp³-hybridized carbons (Fsp3) is 0.535. The third kappa shape index (κ3) is 10.2. The van der Waals surface area contributed by atoms with Crippen molar-refractivity contribution in [2.45, 2.75) is 88.5 Å². The van der Waals surface area contributed by atoms with Crippen LogP contribution in [0.5, 0.6) is 5.75 Å². The molecule has 2 heterocycles. The zero-order chi connectivity index (χ0) is 37.0. The Balaban J connectivity index is 0.936. The van der Waals surface area contributed by atoms with Crippen LogP contribution in [0.2, 0.25) is 0 Å². The van der Waals surface area contributed by atoms with Gasteiger partial charge >= 0.3 is 5.97 Å². The van der Waals surface area contributed by atoms with Crippen molar-refractivity contribution in [3.8, 4) is 5.75 Å². The minimum Gasteiger partial charge on any atom is -0.510 e. The first-order valence-corrected chi connectivity index (χ1v) is 19.7. The van der Waals surface area contributed by atoms with Crippen molar-refractivity contribution in [1.82, 2.24) is 15.5 Å². The van der Waals surface area contributed by atoms with Gasteiger partial charge in [0.05, 0.1) is 25.4 Å². The van der Waals surface area contributed by atoms with Crippen LogP contribution in [0.15, 0.2) is 90.2 Å². The molecule has 0 bridgehead atoms. The first kappa shape index (κ1) is 38.8. The molecule has 0 radical (unpaired) electrons. The van der Waals surface area contributed by atoms with Gasteiger partial charge in [0.25, 0.3) is 0 Å². The van der Waals surface area contributed by atoms with Crippen LogP contribution in [-0.4, -0.2) is 83.6 Å². The van der Waals surface area contributed by atoms with Crippen LogP contribution < -0.4 is 15.4 Å². The maximum Gasteiger partial charge on any atom is 0.343 e. The zero-order valence-corrected chi connectivity index (χ0v) is 30.8. The molecule has 4 atom stereocenters. The van der Waals surface area contributed by atoms with E-state index in [9.17, 15) is 24.9 Å². The van der Waals surface area contributed by atoms with Gasteiger partial charge in [-0.1, -0.05) is 73.9 Å². The summed E-state index contributed by atoms with van der Waals surface area (Å²) in [5.74, 6) is -0.262. The van der Waals surface area contributed by atoms with E-state index >= 15 is 0 Å². The van der Waals surface area contributed by atoms with Gasteiger partial charge in [-0.25, -0.2) is 4.79 Å². The summed E-state index contributed by atoms with van der Waals surface area (Å²) in [5.41, 5.74) is 0.901. The van der Waals surface area contributed by atoms with Gasteiger partial charge in [0.15, 0.2) is 5.60 Å². The number of esters is 1. The molecule has 2 aromatic carbocycles. The van der Waals surface area contributed by atoms with E-state index in [1.54, 1.807) is 12.2 Å². The average Bonchev–Trinajstić information content (AvgIpc) is 3.19. The number of piperidine rings is 1. The van der Waals surface area contributed by atoms with Gasteiger partial charge < -0.3 is 35.4 Å². The largest absolute Gasteiger partial charge is 0.510 e. The molecule has 1 saturated heterocycles. The summed E-state index contributed by atoms with van der Waals surface area (Å²) in [6, 6.07) is 17.3. The summed E-state index contributed by atoms with van der Waals surface area (Å²) in [4.78, 5) is 28.0. The molecular weight excluding hydrogens is 670 g/mol. The third-order valence-electron chi connectivity index (χ3n) is 11.4. The minimum atomic E-state index is -1.71. The first-order valence-electron chi connectivity index (χ1n) is 19.7. The van der Waals surface area contributed by atoms with Crippen molar-refractivity contribution in [3.05, 3.63) is 101 Å². The van der Waals surface area contributed by atoms with Gasteiger partial charge in [-0.15, -0.1) is 0 Å². The molecule has 4 aliphatic rings. The topological polar surface area (TPSA) is 141 Å². The molecule has 2 aliphatic carbocycles. The summed E-state index contributed by atoms with van der Waals surface area (Å²) in [6.07, 6.45) is 14.9. The third-order valence-corrected chi connectivity index (χ3v) is 11.4. The number of allylic oxidation sites excluding steroid dienone is 2. The normalized spacial score (nSPS) is 22.9. The number of ether oxygens (including phenoxy) is 2. The monoisotopic (exact) mass is 727 g/mol. The molecule has 2 aromatic rings. The molecule has 1 amide bonds. The van der Waals surface area contributed by atoms with Crippen molar-refractivity contribution in [3.63, 3.8) is 0 Å². The molecule has 10 nitrogen and oxygen atoms in total. The van der Waals surface area contributed by atoms with Crippen LogP contribution >= 0.6 is 0 Å². The molecule has 53 heavy (non-hydrogen) atoms. The van der Waals surface area contributed by atoms with E-state index in [-0.39, 0.29) is 29.4 Å². The second-order valence-electron chi connectivity index (χ2n) is 15.2. The van der Waals surface area contributed by atoms with E-state index in [2.05, 4.69) is 39.8 Å². The highest BCUT2D eigenvalue weighted by atomic mass is 16.6. The smallest absolute Gasteiger partial charge is 0.343 e. The van der Waals surface area contributed by atoms with E-state index < -0.39 is 23.7 Å². The number of likely N-dealkylation sites (tertiary alicyclic amines) is 1. The second kappa shape index (κ2) is 18.9. The highest BCUT2D eigenvalue weighted by Gasteiger charge is 2.47. The number of hydrogen-bond acceptors (Lipinski definition) is 9. The van der Waals surface area contributed by atoms with Crippen LogP contribution in [0.1, 0.15) is 75.3 Å². The van der Waals surface area contributed by atoms with Crippen LogP contribution in [0.4, 0.5) is 0 Å². The molecule has 2 fully saturated rings. The number of rotatable bonds is 17. The number of nitrogens with zero attached hydrogens (tertiary/aromatic N) is 1. The van der Waals surface area contributed by atoms with Crippen LogP contribution in [0.25, 0.3) is 0 Å². The van der Waals surface area contributed by atoms with Crippen LogP contribution in [0.3, 0.4) is 0 Å². The number of fused-ring (bicyclic) bond motifs is 1. The number of nitrogens with one attached hydrogen (secondary N) is 2. The molecule has 4 unspecified atom stereocenters. The van der Waals surface area contributed by atoms with E-state index in [4.69, 9.17) is 9.47 Å². The molecule has 5 N–H and O–H groups in total. The number of hydrogen-bond donors (Lipinski definition) is 5. The van der Waals surface area contributed by atoms with Crippen molar-refractivity contribution in [1.29, 1.82) is 0 Å². The van der Waals surface area contributed by atoms with Gasteiger partial charge in [-0.2, -0.15) is 0 Å². The molecule has 0 spiro atoms. The van der Waals surface area contributed by atoms with Crippen molar-refractivity contribution in [2.75, 3.05) is 39.4 Å². The Hall–Kier alpha value is -3.96. The standard InChI is InChI=1S/C43H57N3O7/c47-38-19-17-36(37-18-20-40(49)45-41(37)38)39(48)28-44-23-8-3-9-26-52-35-16-10-15-34(27-35)43(51,33-13-6-2-7-14-33)42(50)53-30-32-21-24-46(25-22-32)29-31-11-4-1-5-12-31/h1,4-5,10-12,15-20,27,32-33,37,39,41,44,47-48,51H,2-3,6-9,13-14,21-26,28-30H2,(H,45,49). The molecule has 1 saturated carbocycles. The SMILES string of the molecule is O=C1C=CC2C(C(O)CNCCCCCOc3cccc(C(O)(C(=O)OCC4CCN(Cc5ccccc5)CC4)C4CCCCC4)c3)=CC=C(O)C2N1. The predicted molar refractivity (Wildman–Crippen MR) is 204 cm³/mol. The fourth-order valence-electron chi connectivity index (χ4n) is 8.28. The van der Waals surface area contributed by atoms with Crippen molar-refractivity contribution < 1.29 is 34.4 Å². The van der Waals surface area contributed by atoms with Crippen LogP contribution in [-0.2, 0) is 26.5 Å². The number of aliphatic hydroxyl groups is 3. The van der Waals surface area contributed by atoms with Gasteiger partial charge in [-0.05, 0) is 111 Å². The lowest BCUT2D eigenvalue weighted by Crippen LogP contribution is -2.47. The Morgan fingerprint density at radius 3 is 2.57 bits per heavy atom. The predicted octanol–water partition coefficient (Wildman–Crippen LogP) is 5.46. The Kier molecular flexibility index (Phi) is 13.8. The highest BCUT2D eigenvalue weighted by Crippen LogP contribution is 2.41. The lowest BCUT2D eigenvalue weighted by Gasteiger charge is -2.37. The van der Waals surface area contributed by atoms with Gasteiger partial charge in [0, 0.05) is 24.9 Å². The zero-order valence-electron chi connectivity index (χ0n) is 30.8. The van der Waals surface area contributed by atoms with Crippen LogP contribution in [0, 0.1) is 17.8 Å². The Bertz CT molecular complexity index is 1600. The Labute approximate surface area is 314 Å². The summed E-state index contributed by atoms with van der Waals surface area (Å²) in [6.45, 7) is 4.80. The van der Waals surface area contributed by atoms with Crippen molar-refractivity contribution >= 4 is 11.9 Å².